The summed E-state index contributed by atoms with van der Waals surface area (Å²) >= 11 is 0. The maximum atomic E-state index is 14.1. The largest absolute Gasteiger partial charge is 0.466 e. The van der Waals surface area contributed by atoms with E-state index in [4.69, 9.17) is 4.74 Å². The predicted molar refractivity (Wildman–Crippen MR) is 316 cm³/mol. The first-order valence-electron chi connectivity index (χ1n) is 32.8. The van der Waals surface area contributed by atoms with E-state index in [2.05, 4.69) is 54.2 Å². The molecule has 73 heavy (non-hydrogen) atoms. The first kappa shape index (κ1) is 69.3. The Morgan fingerprint density at radius 3 is 0.877 bits per heavy atom. The van der Waals surface area contributed by atoms with Crippen molar-refractivity contribution in [3.63, 3.8) is 0 Å². The molecule has 9 heteroatoms. The molecular formula is C64H127N5O4. The second-order valence-electron chi connectivity index (χ2n) is 22.9. The maximum Gasteiger partial charge on any atom is 0.305 e. The Bertz CT molecular complexity index is 1180. The van der Waals surface area contributed by atoms with Gasteiger partial charge in [0.15, 0.2) is 0 Å². The fraction of sp³-hybridized carbons (Fsp3) is 0.953. The van der Waals surface area contributed by atoms with Crippen molar-refractivity contribution >= 4 is 17.8 Å². The number of unbranched alkanes of at least 4 members (excludes halogenated alkanes) is 35. The third kappa shape index (κ3) is 44.0. The molecule has 0 aromatic heterocycles. The predicted octanol–water partition coefficient (Wildman–Crippen LogP) is 16.6. The highest BCUT2D eigenvalue weighted by atomic mass is 16.5. The highest BCUT2D eigenvalue weighted by Crippen LogP contribution is 2.16. The minimum atomic E-state index is -0.0627. The molecule has 1 aliphatic heterocycles. The summed E-state index contributed by atoms with van der Waals surface area (Å²) in [6.45, 7) is 22.6. The fourth-order valence-electron chi connectivity index (χ4n) is 10.7. The van der Waals surface area contributed by atoms with Crippen LogP contribution >= 0.6 is 0 Å². The van der Waals surface area contributed by atoms with Crippen molar-refractivity contribution in [2.75, 3.05) is 91.7 Å². The Balaban J connectivity index is 2.79. The molecule has 0 atom stereocenters. The minimum Gasteiger partial charge on any atom is -0.466 e. The van der Waals surface area contributed by atoms with E-state index in [1.54, 1.807) is 0 Å². The Labute approximate surface area is 455 Å². The molecule has 1 rings (SSSR count). The molecule has 0 bridgehead atoms. The smallest absolute Gasteiger partial charge is 0.305 e. The Hall–Kier alpha value is -1.71. The molecule has 0 radical (unpaired) electrons. The third-order valence-corrected chi connectivity index (χ3v) is 15.9. The van der Waals surface area contributed by atoms with Gasteiger partial charge in [-0.05, 0) is 77.7 Å². The summed E-state index contributed by atoms with van der Waals surface area (Å²) in [5.74, 6) is 0.383. The Morgan fingerprint density at radius 2 is 0.548 bits per heavy atom. The van der Waals surface area contributed by atoms with Gasteiger partial charge in [0.05, 0.1) is 19.7 Å². The van der Waals surface area contributed by atoms with Crippen molar-refractivity contribution in [2.45, 2.75) is 304 Å². The lowest BCUT2D eigenvalue weighted by molar-refractivity contribution is -0.144. The van der Waals surface area contributed by atoms with Crippen molar-refractivity contribution in [1.82, 2.24) is 24.5 Å². The molecule has 1 heterocycles. The van der Waals surface area contributed by atoms with E-state index < -0.39 is 0 Å². The molecule has 0 aromatic rings. The topological polar surface area (TPSA) is 76.6 Å². The van der Waals surface area contributed by atoms with Gasteiger partial charge in [-0.15, -0.1) is 0 Å². The SMILES string of the molecule is CCCCCCCCCCCCCCN(CCCCCC(=O)OCCCCCCC)CC(=O)N1CCN(C(=O)CN(CCCCCCCCC)CCN(CCCCCCCCC)CCCCCCCCC)CC1. The average molecular weight is 1030 g/mol. The summed E-state index contributed by atoms with van der Waals surface area (Å²) in [5.41, 5.74) is 0. The van der Waals surface area contributed by atoms with Crippen LogP contribution in [-0.4, -0.2) is 134 Å². The van der Waals surface area contributed by atoms with E-state index in [9.17, 15) is 14.4 Å². The molecule has 0 spiro atoms. The van der Waals surface area contributed by atoms with Crippen LogP contribution in [0.4, 0.5) is 0 Å². The number of hydrogen-bond donors (Lipinski definition) is 0. The highest BCUT2D eigenvalue weighted by molar-refractivity contribution is 5.80. The van der Waals surface area contributed by atoms with Gasteiger partial charge in [0.1, 0.15) is 0 Å². The fourth-order valence-corrected chi connectivity index (χ4v) is 10.7. The average Bonchev–Trinajstić information content (AvgIpc) is 3.39. The molecule has 1 saturated heterocycles. The van der Waals surface area contributed by atoms with Crippen LogP contribution in [-0.2, 0) is 19.1 Å². The molecule has 432 valence electrons. The zero-order valence-corrected chi connectivity index (χ0v) is 50.0. The standard InChI is InChI=1S/C64H127N5O4/c1-6-11-16-21-25-26-27-28-29-33-37-43-50-66(51-45-39-40-47-64(72)73-59-46-38-20-15-10-5)60-62(70)68-55-57-69(58-56-68)63(71)61-67(52-44-36-32-24-19-14-9-4)54-53-65(48-41-34-30-22-17-12-7-2)49-42-35-31-23-18-13-8-3/h6-61H2,1-5H3. The van der Waals surface area contributed by atoms with Crippen LogP contribution in [0.1, 0.15) is 304 Å². The molecule has 1 aliphatic rings. The summed E-state index contributed by atoms with van der Waals surface area (Å²) < 4.78 is 5.51. The Kier molecular flexibility index (Phi) is 51.0. The molecular weight excluding hydrogens is 903 g/mol. The zero-order valence-electron chi connectivity index (χ0n) is 50.0. The summed E-state index contributed by atoms with van der Waals surface area (Å²) in [7, 11) is 0. The first-order chi connectivity index (χ1) is 35.9. The summed E-state index contributed by atoms with van der Waals surface area (Å²) in [6, 6.07) is 0. The van der Waals surface area contributed by atoms with E-state index in [-0.39, 0.29) is 17.8 Å². The van der Waals surface area contributed by atoms with Crippen LogP contribution in [0, 0.1) is 0 Å². The number of esters is 1. The number of amides is 2. The number of hydrogen-bond acceptors (Lipinski definition) is 7. The first-order valence-corrected chi connectivity index (χ1v) is 32.8. The zero-order chi connectivity index (χ0) is 52.9. The number of piperazine rings is 1. The molecule has 0 aromatic carbocycles. The van der Waals surface area contributed by atoms with Gasteiger partial charge < -0.3 is 19.4 Å². The lowest BCUT2D eigenvalue weighted by Gasteiger charge is -2.37. The highest BCUT2D eigenvalue weighted by Gasteiger charge is 2.26. The van der Waals surface area contributed by atoms with E-state index in [1.807, 2.05) is 4.90 Å². The van der Waals surface area contributed by atoms with Crippen LogP contribution in [0.15, 0.2) is 0 Å². The molecule has 0 aliphatic carbocycles. The number of rotatable bonds is 56. The second kappa shape index (κ2) is 53.7. The molecule has 0 unspecified atom stereocenters. The monoisotopic (exact) mass is 1030 g/mol. The van der Waals surface area contributed by atoms with Crippen LogP contribution in [0.5, 0.6) is 0 Å². The number of carbonyl (C=O) groups excluding carboxylic acids is 3. The van der Waals surface area contributed by atoms with Gasteiger partial charge in [0.2, 0.25) is 11.8 Å². The second-order valence-corrected chi connectivity index (χ2v) is 22.9. The molecule has 2 amide bonds. The van der Waals surface area contributed by atoms with Gasteiger partial charge in [-0.2, -0.15) is 0 Å². The van der Waals surface area contributed by atoms with Gasteiger partial charge in [0, 0.05) is 45.7 Å². The molecule has 1 fully saturated rings. The van der Waals surface area contributed by atoms with E-state index in [1.165, 1.54) is 238 Å². The van der Waals surface area contributed by atoms with Crippen LogP contribution in [0.3, 0.4) is 0 Å². The van der Waals surface area contributed by atoms with Crippen molar-refractivity contribution < 1.29 is 19.1 Å². The molecule has 0 N–H and O–H groups in total. The quantitative estimate of drug-likeness (QED) is 0.0444. The van der Waals surface area contributed by atoms with Crippen molar-refractivity contribution in [3.8, 4) is 0 Å². The minimum absolute atomic E-state index is 0.0627. The summed E-state index contributed by atoms with van der Waals surface area (Å²) in [6.07, 6.45) is 52.9. The van der Waals surface area contributed by atoms with Gasteiger partial charge >= 0.3 is 5.97 Å². The van der Waals surface area contributed by atoms with Crippen LogP contribution < -0.4 is 0 Å². The van der Waals surface area contributed by atoms with Crippen molar-refractivity contribution in [2.24, 2.45) is 0 Å². The van der Waals surface area contributed by atoms with E-state index in [0.29, 0.717) is 52.3 Å². The summed E-state index contributed by atoms with van der Waals surface area (Å²) in [4.78, 5) is 52.1. The maximum absolute atomic E-state index is 14.1. The van der Waals surface area contributed by atoms with Crippen LogP contribution in [0.2, 0.25) is 0 Å². The van der Waals surface area contributed by atoms with Gasteiger partial charge in [-0.3, -0.25) is 24.2 Å². The lowest BCUT2D eigenvalue weighted by Crippen LogP contribution is -2.54. The van der Waals surface area contributed by atoms with E-state index in [0.717, 1.165) is 71.2 Å². The van der Waals surface area contributed by atoms with Crippen LogP contribution in [0.25, 0.3) is 0 Å². The summed E-state index contributed by atoms with van der Waals surface area (Å²) in [5, 5.41) is 0. The lowest BCUT2D eigenvalue weighted by atomic mass is 10.1. The number of nitrogens with zero attached hydrogens (tertiary/aromatic N) is 5. The van der Waals surface area contributed by atoms with Gasteiger partial charge in [-0.25, -0.2) is 0 Å². The van der Waals surface area contributed by atoms with Crippen molar-refractivity contribution in [1.29, 1.82) is 0 Å². The van der Waals surface area contributed by atoms with Crippen molar-refractivity contribution in [3.05, 3.63) is 0 Å². The molecule has 0 saturated carbocycles. The van der Waals surface area contributed by atoms with Gasteiger partial charge in [0.25, 0.3) is 0 Å². The molecule has 9 nitrogen and oxygen atoms in total. The van der Waals surface area contributed by atoms with E-state index >= 15 is 0 Å². The van der Waals surface area contributed by atoms with Gasteiger partial charge in [-0.1, -0.05) is 253 Å². The number of ether oxygens (including phenoxy) is 1. The number of carbonyl (C=O) groups is 3. The Morgan fingerprint density at radius 1 is 0.301 bits per heavy atom. The normalized spacial score (nSPS) is 13.1. The third-order valence-electron chi connectivity index (χ3n) is 15.9.